The summed E-state index contributed by atoms with van der Waals surface area (Å²) in [5.41, 5.74) is 0. The lowest BCUT2D eigenvalue weighted by atomic mass is 10.2. The molecular formula is C8H14. The molecule has 0 saturated heterocycles. The fourth-order valence-electron chi connectivity index (χ4n) is 1.84. The Morgan fingerprint density at radius 3 is 2.50 bits per heavy atom. The van der Waals surface area contributed by atoms with Gasteiger partial charge in [-0.1, -0.05) is 13.3 Å². The summed E-state index contributed by atoms with van der Waals surface area (Å²) < 4.78 is 0. The van der Waals surface area contributed by atoms with Crippen molar-refractivity contribution < 1.29 is 0 Å². The Morgan fingerprint density at radius 1 is 1.38 bits per heavy atom. The van der Waals surface area contributed by atoms with Gasteiger partial charge in [0.15, 0.2) is 0 Å². The first kappa shape index (κ1) is 4.84. The highest BCUT2D eigenvalue weighted by Crippen LogP contribution is 2.55. The molecule has 0 aliphatic heterocycles. The molecule has 2 rings (SSSR count). The standard InChI is InChI=1S/C8H14/c1-2-6-5-8(6)7-3-4-7/h6-8H,2-5H2,1H3/t6-,8+/m0/s1. The molecule has 0 bridgehead atoms. The average Bonchev–Trinajstić information content (AvgIpc) is 2.62. The van der Waals surface area contributed by atoms with E-state index in [9.17, 15) is 0 Å². The van der Waals surface area contributed by atoms with Gasteiger partial charge in [-0.25, -0.2) is 0 Å². The lowest BCUT2D eigenvalue weighted by Crippen LogP contribution is -1.80. The van der Waals surface area contributed by atoms with Gasteiger partial charge in [-0.2, -0.15) is 0 Å². The molecule has 0 N–H and O–H groups in total. The van der Waals surface area contributed by atoms with E-state index in [4.69, 9.17) is 0 Å². The maximum Gasteiger partial charge on any atom is -0.0355 e. The molecule has 0 heterocycles. The van der Waals surface area contributed by atoms with Gasteiger partial charge >= 0.3 is 0 Å². The fraction of sp³-hybridized carbons (Fsp3) is 1.00. The normalized spacial score (nSPS) is 44.6. The predicted molar refractivity (Wildman–Crippen MR) is 34.6 cm³/mol. The van der Waals surface area contributed by atoms with Crippen LogP contribution >= 0.6 is 0 Å². The van der Waals surface area contributed by atoms with Crippen molar-refractivity contribution in [2.45, 2.75) is 32.6 Å². The van der Waals surface area contributed by atoms with Gasteiger partial charge in [0.1, 0.15) is 0 Å². The van der Waals surface area contributed by atoms with Gasteiger partial charge in [-0.3, -0.25) is 0 Å². The minimum absolute atomic E-state index is 1.16. The molecule has 2 aliphatic carbocycles. The van der Waals surface area contributed by atoms with Gasteiger partial charge < -0.3 is 0 Å². The maximum atomic E-state index is 2.33. The fourth-order valence-corrected chi connectivity index (χ4v) is 1.84. The quantitative estimate of drug-likeness (QED) is 0.512. The van der Waals surface area contributed by atoms with Crippen LogP contribution in [0.15, 0.2) is 0 Å². The average molecular weight is 110 g/mol. The second-order valence-corrected chi connectivity index (χ2v) is 3.41. The van der Waals surface area contributed by atoms with Crippen molar-refractivity contribution in [2.75, 3.05) is 0 Å². The summed E-state index contributed by atoms with van der Waals surface area (Å²) in [4.78, 5) is 0. The first-order chi connectivity index (χ1) is 3.92. The highest BCUT2D eigenvalue weighted by molar-refractivity contribution is 4.95. The van der Waals surface area contributed by atoms with Crippen LogP contribution in [-0.4, -0.2) is 0 Å². The predicted octanol–water partition coefficient (Wildman–Crippen LogP) is 2.44. The molecule has 0 unspecified atom stereocenters. The second-order valence-electron chi connectivity index (χ2n) is 3.41. The third-order valence-electron chi connectivity index (χ3n) is 2.73. The molecule has 0 aromatic carbocycles. The third-order valence-corrected chi connectivity index (χ3v) is 2.73. The van der Waals surface area contributed by atoms with Crippen LogP contribution < -0.4 is 0 Å². The molecule has 2 atom stereocenters. The zero-order valence-corrected chi connectivity index (χ0v) is 5.56. The van der Waals surface area contributed by atoms with Crippen LogP contribution in [0.1, 0.15) is 32.6 Å². The SMILES string of the molecule is CC[C@H]1C[C@H]1C1CC1. The summed E-state index contributed by atoms with van der Waals surface area (Å²) in [6.45, 7) is 2.33. The Hall–Kier alpha value is 0. The number of hydrogen-bond donors (Lipinski definition) is 0. The van der Waals surface area contributed by atoms with E-state index in [1.165, 1.54) is 18.3 Å². The number of hydrogen-bond acceptors (Lipinski definition) is 0. The Morgan fingerprint density at radius 2 is 2.12 bits per heavy atom. The summed E-state index contributed by atoms with van der Waals surface area (Å²) >= 11 is 0. The van der Waals surface area contributed by atoms with Crippen LogP contribution in [0.2, 0.25) is 0 Å². The molecule has 2 fully saturated rings. The highest BCUT2D eigenvalue weighted by atomic mass is 14.5. The van der Waals surface area contributed by atoms with E-state index in [0.29, 0.717) is 0 Å². The van der Waals surface area contributed by atoms with Gasteiger partial charge in [0, 0.05) is 0 Å². The van der Waals surface area contributed by atoms with E-state index in [-0.39, 0.29) is 0 Å². The van der Waals surface area contributed by atoms with Gasteiger partial charge in [-0.15, -0.1) is 0 Å². The molecule has 2 saturated carbocycles. The maximum absolute atomic E-state index is 2.33. The second kappa shape index (κ2) is 1.49. The lowest BCUT2D eigenvalue weighted by Gasteiger charge is -1.87. The topological polar surface area (TPSA) is 0 Å². The van der Waals surface area contributed by atoms with Gasteiger partial charge in [0.2, 0.25) is 0 Å². The van der Waals surface area contributed by atoms with Crippen LogP contribution in [-0.2, 0) is 0 Å². The van der Waals surface area contributed by atoms with Crippen molar-refractivity contribution in [1.29, 1.82) is 0 Å². The molecular weight excluding hydrogens is 96.1 g/mol. The summed E-state index contributed by atoms with van der Waals surface area (Å²) in [6, 6.07) is 0. The summed E-state index contributed by atoms with van der Waals surface area (Å²) in [7, 11) is 0. The van der Waals surface area contributed by atoms with Crippen molar-refractivity contribution in [2.24, 2.45) is 17.8 Å². The van der Waals surface area contributed by atoms with E-state index in [1.807, 2.05) is 0 Å². The van der Waals surface area contributed by atoms with E-state index >= 15 is 0 Å². The molecule has 0 radical (unpaired) electrons. The summed E-state index contributed by atoms with van der Waals surface area (Å²) in [6.07, 6.45) is 6.13. The zero-order valence-electron chi connectivity index (χ0n) is 5.56. The van der Waals surface area contributed by atoms with Crippen molar-refractivity contribution >= 4 is 0 Å². The van der Waals surface area contributed by atoms with Crippen molar-refractivity contribution in [3.8, 4) is 0 Å². The van der Waals surface area contributed by atoms with Gasteiger partial charge in [-0.05, 0) is 37.0 Å². The monoisotopic (exact) mass is 110 g/mol. The Balaban J connectivity index is 1.79. The van der Waals surface area contributed by atoms with Crippen LogP contribution in [0.3, 0.4) is 0 Å². The van der Waals surface area contributed by atoms with Gasteiger partial charge in [0.05, 0.1) is 0 Å². The van der Waals surface area contributed by atoms with Crippen LogP contribution in [0.25, 0.3) is 0 Å². The lowest BCUT2D eigenvalue weighted by molar-refractivity contribution is 0.616. The Labute approximate surface area is 51.3 Å². The number of rotatable bonds is 2. The molecule has 46 valence electrons. The Bertz CT molecular complexity index is 92.2. The molecule has 0 heteroatoms. The molecule has 0 aromatic rings. The van der Waals surface area contributed by atoms with Crippen molar-refractivity contribution in [1.82, 2.24) is 0 Å². The van der Waals surface area contributed by atoms with E-state index in [2.05, 4.69) is 6.92 Å². The van der Waals surface area contributed by atoms with Crippen LogP contribution in [0, 0.1) is 17.8 Å². The third kappa shape index (κ3) is 0.667. The van der Waals surface area contributed by atoms with E-state index in [1.54, 1.807) is 19.3 Å². The van der Waals surface area contributed by atoms with E-state index in [0.717, 1.165) is 5.92 Å². The van der Waals surface area contributed by atoms with E-state index < -0.39 is 0 Å². The summed E-state index contributed by atoms with van der Waals surface area (Å²) in [5.74, 6) is 3.54. The van der Waals surface area contributed by atoms with Crippen molar-refractivity contribution in [3.63, 3.8) is 0 Å². The molecule has 0 aromatic heterocycles. The minimum atomic E-state index is 1.16. The van der Waals surface area contributed by atoms with Crippen LogP contribution in [0.5, 0.6) is 0 Å². The van der Waals surface area contributed by atoms with Crippen molar-refractivity contribution in [3.05, 3.63) is 0 Å². The first-order valence-corrected chi connectivity index (χ1v) is 3.92. The highest BCUT2D eigenvalue weighted by Gasteiger charge is 2.45. The van der Waals surface area contributed by atoms with Crippen LogP contribution in [0.4, 0.5) is 0 Å². The molecule has 0 spiro atoms. The minimum Gasteiger partial charge on any atom is -0.0651 e. The molecule has 2 aliphatic rings. The zero-order chi connectivity index (χ0) is 5.56. The molecule has 0 nitrogen and oxygen atoms in total. The summed E-state index contributed by atoms with van der Waals surface area (Å²) in [5, 5.41) is 0. The molecule has 0 amide bonds. The Kier molecular flexibility index (Phi) is 0.902. The van der Waals surface area contributed by atoms with Gasteiger partial charge in [0.25, 0.3) is 0 Å². The largest absolute Gasteiger partial charge is 0.0651 e. The smallest absolute Gasteiger partial charge is 0.0355 e. The first-order valence-electron chi connectivity index (χ1n) is 3.92. The molecule has 8 heavy (non-hydrogen) atoms.